The Morgan fingerprint density at radius 1 is 1.23 bits per heavy atom. The van der Waals surface area contributed by atoms with Crippen molar-refractivity contribution in [2.75, 3.05) is 5.32 Å². The molecule has 0 saturated heterocycles. The number of rotatable bonds is 3. The second-order valence-corrected chi connectivity index (χ2v) is 7.65. The number of nitrogens with zero attached hydrogens (tertiary/aromatic N) is 1. The molecule has 5 nitrogen and oxygen atoms in total. The molecule has 22 heavy (non-hydrogen) atoms. The van der Waals surface area contributed by atoms with Crippen LogP contribution in [0.5, 0.6) is 0 Å². The summed E-state index contributed by atoms with van der Waals surface area (Å²) in [4.78, 5) is 29.6. The van der Waals surface area contributed by atoms with Gasteiger partial charge >= 0.3 is 5.97 Å². The van der Waals surface area contributed by atoms with E-state index in [0.29, 0.717) is 23.9 Å². The summed E-state index contributed by atoms with van der Waals surface area (Å²) in [5.41, 5.74) is 1.11. The highest BCUT2D eigenvalue weighted by molar-refractivity contribution is 7.15. The highest BCUT2D eigenvalue weighted by Crippen LogP contribution is 2.34. The first-order valence-electron chi connectivity index (χ1n) is 8.07. The van der Waals surface area contributed by atoms with Crippen molar-refractivity contribution < 1.29 is 14.7 Å². The summed E-state index contributed by atoms with van der Waals surface area (Å²) in [6.45, 7) is 2.24. The predicted molar refractivity (Wildman–Crippen MR) is 85.0 cm³/mol. The maximum absolute atomic E-state index is 12.5. The van der Waals surface area contributed by atoms with Crippen molar-refractivity contribution in [3.05, 3.63) is 10.6 Å². The second kappa shape index (κ2) is 6.36. The summed E-state index contributed by atoms with van der Waals surface area (Å²) in [7, 11) is 0. The van der Waals surface area contributed by atoms with Crippen molar-refractivity contribution in [2.45, 2.75) is 51.9 Å². The Labute approximate surface area is 134 Å². The maximum Gasteiger partial charge on any atom is 0.307 e. The van der Waals surface area contributed by atoms with Crippen LogP contribution in [0.15, 0.2) is 0 Å². The van der Waals surface area contributed by atoms with Crippen LogP contribution in [-0.4, -0.2) is 22.0 Å². The van der Waals surface area contributed by atoms with E-state index in [1.165, 1.54) is 4.88 Å². The number of thiazole rings is 1. The van der Waals surface area contributed by atoms with Crippen LogP contribution in [0.1, 0.15) is 49.6 Å². The lowest BCUT2D eigenvalue weighted by molar-refractivity contribution is -0.147. The summed E-state index contributed by atoms with van der Waals surface area (Å²) >= 11 is 1.55. The summed E-state index contributed by atoms with van der Waals surface area (Å²) in [6, 6.07) is 0. The molecule has 0 aromatic carbocycles. The number of hydrogen-bond donors (Lipinski definition) is 2. The van der Waals surface area contributed by atoms with Gasteiger partial charge in [-0.25, -0.2) is 4.98 Å². The number of hydrogen-bond acceptors (Lipinski definition) is 4. The monoisotopic (exact) mass is 322 g/mol. The van der Waals surface area contributed by atoms with Crippen molar-refractivity contribution >= 4 is 28.3 Å². The molecule has 0 spiro atoms. The van der Waals surface area contributed by atoms with Gasteiger partial charge in [0.05, 0.1) is 17.5 Å². The fourth-order valence-electron chi connectivity index (χ4n) is 3.53. The first-order chi connectivity index (χ1) is 10.5. The minimum Gasteiger partial charge on any atom is -0.481 e. The number of aromatic nitrogens is 1. The quantitative estimate of drug-likeness (QED) is 0.896. The minimum absolute atomic E-state index is 0.175. The normalized spacial score (nSPS) is 28.0. The Morgan fingerprint density at radius 3 is 2.68 bits per heavy atom. The average molecular weight is 322 g/mol. The lowest BCUT2D eigenvalue weighted by Crippen LogP contribution is -2.36. The SMILES string of the molecule is C[C@@H]1CCc2nc(NC(=O)[C@@H]3CCCC[C@@H]3C(=O)O)sc2C1. The first kappa shape index (κ1) is 15.5. The molecule has 1 saturated carbocycles. The Hall–Kier alpha value is -1.43. The summed E-state index contributed by atoms with van der Waals surface area (Å²) in [6.07, 6.45) is 6.23. The zero-order chi connectivity index (χ0) is 15.7. The van der Waals surface area contributed by atoms with Gasteiger partial charge < -0.3 is 10.4 Å². The third-order valence-electron chi connectivity index (χ3n) is 4.84. The highest BCUT2D eigenvalue weighted by Gasteiger charge is 2.36. The van der Waals surface area contributed by atoms with Gasteiger partial charge in [0.15, 0.2) is 5.13 Å². The van der Waals surface area contributed by atoms with E-state index in [1.54, 1.807) is 11.3 Å². The maximum atomic E-state index is 12.5. The van der Waals surface area contributed by atoms with Gasteiger partial charge in [-0.1, -0.05) is 19.8 Å². The molecule has 0 radical (unpaired) electrons. The van der Waals surface area contributed by atoms with Gasteiger partial charge in [0.2, 0.25) is 5.91 Å². The molecule has 0 unspecified atom stereocenters. The predicted octanol–water partition coefficient (Wildman–Crippen LogP) is 3.10. The largest absolute Gasteiger partial charge is 0.481 e. The zero-order valence-corrected chi connectivity index (χ0v) is 13.6. The second-order valence-electron chi connectivity index (χ2n) is 6.56. The van der Waals surface area contributed by atoms with Crippen LogP contribution in [0.2, 0.25) is 0 Å². The number of fused-ring (bicyclic) bond motifs is 1. The van der Waals surface area contributed by atoms with E-state index in [-0.39, 0.29) is 5.91 Å². The van der Waals surface area contributed by atoms with Crippen LogP contribution in [0.25, 0.3) is 0 Å². The van der Waals surface area contributed by atoms with Crippen LogP contribution in [0.3, 0.4) is 0 Å². The molecule has 1 heterocycles. The fraction of sp³-hybridized carbons (Fsp3) is 0.688. The highest BCUT2D eigenvalue weighted by atomic mass is 32.1. The molecule has 1 fully saturated rings. The Balaban J connectivity index is 1.70. The van der Waals surface area contributed by atoms with Gasteiger partial charge in [-0.3, -0.25) is 9.59 Å². The van der Waals surface area contributed by atoms with Gasteiger partial charge in [-0.2, -0.15) is 0 Å². The number of amides is 1. The molecule has 0 bridgehead atoms. The van der Waals surface area contributed by atoms with Crippen molar-refractivity contribution in [1.82, 2.24) is 4.98 Å². The van der Waals surface area contributed by atoms with Crippen LogP contribution < -0.4 is 5.32 Å². The lowest BCUT2D eigenvalue weighted by atomic mass is 9.79. The smallest absolute Gasteiger partial charge is 0.307 e. The molecule has 3 atom stereocenters. The molecular weight excluding hydrogens is 300 g/mol. The molecule has 2 aliphatic carbocycles. The van der Waals surface area contributed by atoms with Crippen molar-refractivity contribution in [2.24, 2.45) is 17.8 Å². The van der Waals surface area contributed by atoms with Gasteiger partial charge in [-0.05, 0) is 38.0 Å². The lowest BCUT2D eigenvalue weighted by Gasteiger charge is -2.26. The molecule has 6 heteroatoms. The third-order valence-corrected chi connectivity index (χ3v) is 5.87. The third kappa shape index (κ3) is 3.16. The minimum atomic E-state index is -0.855. The van der Waals surface area contributed by atoms with Crippen molar-refractivity contribution in [3.63, 3.8) is 0 Å². The zero-order valence-electron chi connectivity index (χ0n) is 12.8. The number of aliphatic carboxylic acids is 1. The Kier molecular flexibility index (Phi) is 4.47. The number of carboxylic acids is 1. The topological polar surface area (TPSA) is 79.3 Å². The van der Waals surface area contributed by atoms with E-state index in [2.05, 4.69) is 17.2 Å². The van der Waals surface area contributed by atoms with Gasteiger partial charge in [0.1, 0.15) is 0 Å². The molecule has 1 amide bonds. The number of aryl methyl sites for hydroxylation is 1. The Morgan fingerprint density at radius 2 is 1.95 bits per heavy atom. The van der Waals surface area contributed by atoms with Crippen molar-refractivity contribution in [1.29, 1.82) is 0 Å². The van der Waals surface area contributed by atoms with Gasteiger partial charge in [0.25, 0.3) is 0 Å². The number of carbonyl (C=O) groups is 2. The van der Waals surface area contributed by atoms with E-state index in [9.17, 15) is 14.7 Å². The molecular formula is C16H22N2O3S. The van der Waals surface area contributed by atoms with Crippen LogP contribution in [0.4, 0.5) is 5.13 Å². The molecule has 1 aromatic rings. The summed E-state index contributed by atoms with van der Waals surface area (Å²) in [5, 5.41) is 12.8. The number of anilines is 1. The van der Waals surface area contributed by atoms with E-state index in [4.69, 9.17) is 0 Å². The molecule has 3 rings (SSSR count). The molecule has 0 aliphatic heterocycles. The van der Waals surface area contributed by atoms with E-state index in [1.807, 2.05) is 0 Å². The molecule has 120 valence electrons. The molecule has 2 N–H and O–H groups in total. The summed E-state index contributed by atoms with van der Waals surface area (Å²) in [5.74, 6) is -1.33. The van der Waals surface area contributed by atoms with Gasteiger partial charge in [-0.15, -0.1) is 11.3 Å². The van der Waals surface area contributed by atoms with Crippen LogP contribution in [0, 0.1) is 17.8 Å². The van der Waals surface area contributed by atoms with Crippen LogP contribution in [-0.2, 0) is 22.4 Å². The van der Waals surface area contributed by atoms with E-state index in [0.717, 1.165) is 37.8 Å². The number of nitrogens with one attached hydrogen (secondary N) is 1. The van der Waals surface area contributed by atoms with Gasteiger partial charge in [0, 0.05) is 4.88 Å². The number of carboxylic acid groups (broad SMARTS) is 1. The summed E-state index contributed by atoms with van der Waals surface area (Å²) < 4.78 is 0. The van der Waals surface area contributed by atoms with E-state index < -0.39 is 17.8 Å². The van der Waals surface area contributed by atoms with Crippen LogP contribution >= 0.6 is 11.3 Å². The standard InChI is InChI=1S/C16H22N2O3S/c1-9-6-7-12-13(8-9)22-16(17-12)18-14(19)10-4-2-3-5-11(10)15(20)21/h9-11H,2-8H2,1H3,(H,20,21)(H,17,18,19)/t9-,10-,11+/m1/s1. The average Bonchev–Trinajstić information content (AvgIpc) is 2.88. The Bertz CT molecular complexity index is 584. The molecule has 2 aliphatic rings. The van der Waals surface area contributed by atoms with E-state index >= 15 is 0 Å². The number of carbonyl (C=O) groups excluding carboxylic acids is 1. The molecule has 1 aromatic heterocycles. The fourth-order valence-corrected chi connectivity index (χ4v) is 4.71. The van der Waals surface area contributed by atoms with Crippen molar-refractivity contribution in [3.8, 4) is 0 Å². The first-order valence-corrected chi connectivity index (χ1v) is 8.88.